The molecule has 6 heteroatoms. The number of likely N-dealkylation sites (tertiary alicyclic amines) is 1. The van der Waals surface area contributed by atoms with Crippen LogP contribution in [-0.2, 0) is 0 Å². The second kappa shape index (κ2) is 6.93. The van der Waals surface area contributed by atoms with Crippen molar-refractivity contribution in [2.75, 3.05) is 13.1 Å². The van der Waals surface area contributed by atoms with E-state index in [1.54, 1.807) is 11.3 Å². The van der Waals surface area contributed by atoms with Crippen molar-refractivity contribution in [1.82, 2.24) is 19.9 Å². The molecule has 3 aromatic rings. The molecule has 1 saturated heterocycles. The van der Waals surface area contributed by atoms with Crippen LogP contribution in [-0.4, -0.2) is 39.0 Å². The number of thiazole rings is 1. The van der Waals surface area contributed by atoms with Crippen LogP contribution in [0.5, 0.6) is 5.75 Å². The van der Waals surface area contributed by atoms with Crippen molar-refractivity contribution in [3.63, 3.8) is 0 Å². The highest BCUT2D eigenvalue weighted by atomic mass is 32.1. The van der Waals surface area contributed by atoms with E-state index < -0.39 is 0 Å². The number of pyridine rings is 2. The first-order chi connectivity index (χ1) is 12.5. The van der Waals surface area contributed by atoms with Crippen LogP contribution < -0.4 is 4.74 Å². The second-order valence-electron chi connectivity index (χ2n) is 7.08. The summed E-state index contributed by atoms with van der Waals surface area (Å²) < 4.78 is 7.37. The zero-order valence-corrected chi connectivity index (χ0v) is 16.5. The molecule has 26 heavy (non-hydrogen) atoms. The lowest BCUT2D eigenvalue weighted by Gasteiger charge is -2.24. The predicted octanol–water partition coefficient (Wildman–Crippen LogP) is 4.23. The lowest BCUT2D eigenvalue weighted by atomic mass is 10.2. The van der Waals surface area contributed by atoms with E-state index in [0.29, 0.717) is 0 Å². The van der Waals surface area contributed by atoms with Gasteiger partial charge in [-0.25, -0.2) is 9.97 Å². The van der Waals surface area contributed by atoms with Gasteiger partial charge in [-0.15, -0.1) is 11.3 Å². The molecule has 0 N–H and O–H groups in total. The Kier molecular flexibility index (Phi) is 4.63. The highest BCUT2D eigenvalue weighted by Crippen LogP contribution is 2.28. The molecule has 5 nitrogen and oxygen atoms in total. The molecular formula is C20H24N4OS. The zero-order valence-electron chi connectivity index (χ0n) is 15.7. The van der Waals surface area contributed by atoms with Crippen molar-refractivity contribution >= 4 is 21.7 Å². The molecule has 2 atom stereocenters. The molecule has 1 aliphatic heterocycles. The van der Waals surface area contributed by atoms with Gasteiger partial charge in [-0.05, 0) is 46.2 Å². The number of hydrogen-bond acceptors (Lipinski definition) is 6. The van der Waals surface area contributed by atoms with Gasteiger partial charge in [0.1, 0.15) is 11.9 Å². The first-order valence-corrected chi connectivity index (χ1v) is 9.89. The summed E-state index contributed by atoms with van der Waals surface area (Å²) in [4.78, 5) is 16.2. The lowest BCUT2D eigenvalue weighted by molar-refractivity contribution is 0.181. The average molecular weight is 369 g/mol. The van der Waals surface area contributed by atoms with Crippen molar-refractivity contribution in [3.8, 4) is 5.75 Å². The molecule has 0 amide bonds. The molecule has 3 aromatic heterocycles. The van der Waals surface area contributed by atoms with E-state index in [4.69, 9.17) is 9.72 Å². The molecule has 4 heterocycles. The molecule has 136 valence electrons. The molecule has 0 saturated carbocycles. The quantitative estimate of drug-likeness (QED) is 0.690. The summed E-state index contributed by atoms with van der Waals surface area (Å²) in [7, 11) is 0. The zero-order chi connectivity index (χ0) is 18.3. The van der Waals surface area contributed by atoms with Gasteiger partial charge in [-0.1, -0.05) is 0 Å². The van der Waals surface area contributed by atoms with Crippen LogP contribution in [0.15, 0.2) is 24.3 Å². The molecule has 0 spiro atoms. The van der Waals surface area contributed by atoms with E-state index in [1.165, 1.54) is 0 Å². The Morgan fingerprint density at radius 2 is 1.88 bits per heavy atom. The topological polar surface area (TPSA) is 51.1 Å². The lowest BCUT2D eigenvalue weighted by Crippen LogP contribution is -2.28. The molecule has 0 aromatic carbocycles. The molecule has 0 bridgehead atoms. The highest BCUT2D eigenvalue weighted by molar-refractivity contribution is 7.18. The number of nitrogens with zero attached hydrogens (tertiary/aromatic N) is 4. The summed E-state index contributed by atoms with van der Waals surface area (Å²) in [6, 6.07) is 8.56. The minimum Gasteiger partial charge on any atom is -0.489 e. The molecular weight excluding hydrogens is 344 g/mol. The number of hydrogen-bond donors (Lipinski definition) is 0. The smallest absolute Gasteiger partial charge is 0.170 e. The van der Waals surface area contributed by atoms with Crippen molar-refractivity contribution in [2.45, 2.75) is 46.3 Å². The van der Waals surface area contributed by atoms with E-state index in [0.717, 1.165) is 57.7 Å². The van der Waals surface area contributed by atoms with Crippen LogP contribution in [0, 0.1) is 20.8 Å². The normalized spacial score (nSPS) is 19.2. The predicted molar refractivity (Wildman–Crippen MR) is 105 cm³/mol. The maximum atomic E-state index is 6.21. The highest BCUT2D eigenvalue weighted by Gasteiger charge is 2.29. The first kappa shape index (κ1) is 17.4. The molecule has 1 unspecified atom stereocenters. The summed E-state index contributed by atoms with van der Waals surface area (Å²) in [5, 5.41) is 1.06. The molecule has 4 rings (SSSR count). The van der Waals surface area contributed by atoms with Gasteiger partial charge in [0.2, 0.25) is 0 Å². The summed E-state index contributed by atoms with van der Waals surface area (Å²) in [6.45, 7) is 10.2. The Hall–Kier alpha value is -2.05. The monoisotopic (exact) mass is 368 g/mol. The number of rotatable bonds is 4. The third kappa shape index (κ3) is 3.57. The van der Waals surface area contributed by atoms with E-state index in [-0.39, 0.29) is 12.1 Å². The fourth-order valence-corrected chi connectivity index (χ4v) is 4.39. The van der Waals surface area contributed by atoms with Gasteiger partial charge < -0.3 is 4.74 Å². The summed E-state index contributed by atoms with van der Waals surface area (Å²) in [5.74, 6) is 0.923. The van der Waals surface area contributed by atoms with Gasteiger partial charge in [0.05, 0.1) is 15.4 Å². The van der Waals surface area contributed by atoms with Gasteiger partial charge in [-0.3, -0.25) is 9.88 Å². The maximum Gasteiger partial charge on any atom is 0.170 e. The van der Waals surface area contributed by atoms with Crippen LogP contribution in [0.4, 0.5) is 0 Å². The van der Waals surface area contributed by atoms with Gasteiger partial charge in [-0.2, -0.15) is 0 Å². The van der Waals surface area contributed by atoms with Crippen LogP contribution in [0.2, 0.25) is 0 Å². The van der Waals surface area contributed by atoms with Crippen LogP contribution in [0.3, 0.4) is 0 Å². The maximum absolute atomic E-state index is 6.21. The minimum atomic E-state index is 0.212. The summed E-state index contributed by atoms with van der Waals surface area (Å²) in [5.41, 5.74) is 3.95. The Morgan fingerprint density at radius 3 is 2.65 bits per heavy atom. The average Bonchev–Trinajstić information content (AvgIpc) is 3.17. The Morgan fingerprint density at radius 1 is 1.12 bits per heavy atom. The second-order valence-corrected chi connectivity index (χ2v) is 8.31. The van der Waals surface area contributed by atoms with Crippen molar-refractivity contribution in [3.05, 3.63) is 46.4 Å². The fourth-order valence-electron chi connectivity index (χ4n) is 3.62. The van der Waals surface area contributed by atoms with Crippen molar-refractivity contribution < 1.29 is 4.74 Å². The van der Waals surface area contributed by atoms with E-state index >= 15 is 0 Å². The standard InChI is InChI=1S/C20H24N4OS/c1-12-9-17(10-13(2)21-12)25-16-7-8-24(11-16)14(3)18-5-6-19-20(23-18)22-15(4)26-19/h5-6,9-10,14,16H,7-8,11H2,1-4H3/t14-,16?/m1/s1. The van der Waals surface area contributed by atoms with E-state index in [2.05, 4.69) is 33.9 Å². The Labute approximate surface area is 158 Å². The van der Waals surface area contributed by atoms with Crippen molar-refractivity contribution in [1.29, 1.82) is 0 Å². The van der Waals surface area contributed by atoms with Gasteiger partial charge >= 0.3 is 0 Å². The third-order valence-corrected chi connectivity index (χ3v) is 5.82. The number of ether oxygens (including phenoxy) is 1. The molecule has 0 aliphatic carbocycles. The molecule has 1 fully saturated rings. The number of aryl methyl sites for hydroxylation is 3. The largest absolute Gasteiger partial charge is 0.489 e. The summed E-state index contributed by atoms with van der Waals surface area (Å²) >= 11 is 1.70. The Balaban J connectivity index is 1.45. The number of fused-ring (bicyclic) bond motifs is 1. The summed E-state index contributed by atoms with van der Waals surface area (Å²) in [6.07, 6.45) is 1.24. The van der Waals surface area contributed by atoms with Gasteiger partial charge in [0, 0.05) is 42.7 Å². The van der Waals surface area contributed by atoms with Crippen LogP contribution in [0.1, 0.15) is 41.5 Å². The van der Waals surface area contributed by atoms with Crippen molar-refractivity contribution in [2.24, 2.45) is 0 Å². The number of aromatic nitrogens is 3. The Bertz CT molecular complexity index is 918. The van der Waals surface area contributed by atoms with E-state index in [9.17, 15) is 0 Å². The minimum absolute atomic E-state index is 0.212. The molecule has 1 aliphatic rings. The third-order valence-electron chi connectivity index (χ3n) is 4.89. The SMILES string of the molecule is Cc1cc(OC2CCN([C@H](C)c3ccc4sc(C)nc4n3)C2)cc(C)n1. The van der Waals surface area contributed by atoms with Crippen LogP contribution >= 0.6 is 11.3 Å². The van der Waals surface area contributed by atoms with Gasteiger partial charge in [0.15, 0.2) is 5.65 Å². The van der Waals surface area contributed by atoms with Crippen LogP contribution in [0.25, 0.3) is 10.3 Å². The molecule has 0 radical (unpaired) electrons. The van der Waals surface area contributed by atoms with E-state index in [1.807, 2.05) is 32.9 Å². The first-order valence-electron chi connectivity index (χ1n) is 9.08. The van der Waals surface area contributed by atoms with Gasteiger partial charge in [0.25, 0.3) is 0 Å². The fraction of sp³-hybridized carbons (Fsp3) is 0.450.